The normalized spacial score (nSPS) is 17.5. The maximum Gasteiger partial charge on any atom is 4.00 e. The van der Waals surface area contributed by atoms with Crippen molar-refractivity contribution in [3.8, 4) is 0 Å². The average molecular weight is 408 g/mol. The van der Waals surface area contributed by atoms with Crippen LogP contribution in [0.5, 0.6) is 0 Å². The van der Waals surface area contributed by atoms with Crippen molar-refractivity contribution < 1.29 is 51.0 Å². The Bertz CT molecular complexity index is 344. The Hall–Kier alpha value is 0.640. The topological polar surface area (TPSA) is 0 Å². The smallest absolute Gasteiger partial charge is 1.00 e. The fraction of sp³-hybridized carbons (Fsp3) is 0.500. The zero-order chi connectivity index (χ0) is 13.3. The van der Waals surface area contributed by atoms with Gasteiger partial charge in [0.15, 0.2) is 0 Å². The summed E-state index contributed by atoms with van der Waals surface area (Å²) in [5.74, 6) is 0.556. The predicted molar refractivity (Wildman–Crippen MR) is 80.4 cm³/mol. The third-order valence-electron chi connectivity index (χ3n) is 2.20. The molecule has 0 nitrogen and oxygen atoms in total. The molecule has 0 aromatic heterocycles. The standard InChI is InChI=1S/2C7H9.C2H7Si.2ClH.Zr/c2*1-6-3-4-7(2)5-6;1-3-2;;;/h5H,3H2,1-2H3;3,5,7H,1-2H3;3H,1-2H3;2*1H;/q2*-1;;;;+4/p-2. The Kier molecular flexibility index (Phi) is 25.4. The average Bonchev–Trinajstić information content (AvgIpc) is 2.78. The van der Waals surface area contributed by atoms with Gasteiger partial charge in [-0.2, -0.15) is 11.6 Å². The third-order valence-corrected chi connectivity index (χ3v) is 2.20. The van der Waals surface area contributed by atoms with E-state index in [2.05, 4.69) is 65.1 Å². The molecule has 0 amide bonds. The zero-order valence-corrected chi connectivity index (χ0v) is 18.5. The molecule has 0 saturated heterocycles. The first-order chi connectivity index (χ1) is 7.99. The van der Waals surface area contributed by atoms with Crippen molar-refractivity contribution >= 4 is 9.52 Å². The molecule has 0 heterocycles. The third kappa shape index (κ3) is 16.7. The monoisotopic (exact) mass is 405 g/mol. The summed E-state index contributed by atoms with van der Waals surface area (Å²) in [6.07, 6.45) is 13.8. The van der Waals surface area contributed by atoms with Gasteiger partial charge in [0, 0.05) is 9.52 Å². The number of rotatable bonds is 0. The van der Waals surface area contributed by atoms with E-state index in [-0.39, 0.29) is 51.0 Å². The van der Waals surface area contributed by atoms with Crippen LogP contribution in [0.25, 0.3) is 0 Å². The van der Waals surface area contributed by atoms with E-state index in [1.807, 2.05) is 6.08 Å². The van der Waals surface area contributed by atoms with Crippen molar-refractivity contribution in [3.63, 3.8) is 0 Å². The van der Waals surface area contributed by atoms with Gasteiger partial charge >= 0.3 is 26.2 Å². The Morgan fingerprint density at radius 2 is 1.65 bits per heavy atom. The molecule has 4 heteroatoms. The molecule has 0 saturated carbocycles. The fourth-order valence-electron chi connectivity index (χ4n) is 1.50. The molecule has 0 fully saturated rings. The first-order valence-corrected chi connectivity index (χ1v) is 8.56. The number of hydrogen-bond acceptors (Lipinski definition) is 0. The van der Waals surface area contributed by atoms with Crippen LogP contribution in [0.4, 0.5) is 0 Å². The Morgan fingerprint density at radius 3 is 1.75 bits per heavy atom. The number of hydrogen-bond donors (Lipinski definition) is 0. The van der Waals surface area contributed by atoms with Crippen LogP contribution in [0, 0.1) is 18.1 Å². The molecule has 1 radical (unpaired) electrons. The summed E-state index contributed by atoms with van der Waals surface area (Å²) in [7, 11) is 0.750. The van der Waals surface area contributed by atoms with Crippen molar-refractivity contribution in [3.05, 3.63) is 47.1 Å². The van der Waals surface area contributed by atoms with Crippen LogP contribution in [-0.4, -0.2) is 9.52 Å². The fourth-order valence-corrected chi connectivity index (χ4v) is 1.50. The van der Waals surface area contributed by atoms with Gasteiger partial charge < -0.3 is 24.8 Å². The van der Waals surface area contributed by atoms with Gasteiger partial charge in [-0.25, -0.2) is 23.3 Å². The minimum atomic E-state index is 0. The van der Waals surface area contributed by atoms with Crippen molar-refractivity contribution in [1.82, 2.24) is 0 Å². The van der Waals surface area contributed by atoms with Crippen molar-refractivity contribution in [2.24, 2.45) is 5.92 Å². The van der Waals surface area contributed by atoms with E-state index in [9.17, 15) is 0 Å². The minimum Gasteiger partial charge on any atom is -1.00 e. The van der Waals surface area contributed by atoms with Crippen molar-refractivity contribution in [2.75, 3.05) is 0 Å². The minimum absolute atomic E-state index is 0. The van der Waals surface area contributed by atoms with Crippen LogP contribution >= 0.6 is 0 Å². The summed E-state index contributed by atoms with van der Waals surface area (Å²) >= 11 is 0. The summed E-state index contributed by atoms with van der Waals surface area (Å²) in [6, 6.07) is 0. The van der Waals surface area contributed by atoms with Gasteiger partial charge in [0.2, 0.25) is 0 Å². The maximum atomic E-state index is 3.19. The van der Waals surface area contributed by atoms with Crippen LogP contribution in [0.3, 0.4) is 0 Å². The summed E-state index contributed by atoms with van der Waals surface area (Å²) in [6.45, 7) is 12.9. The van der Waals surface area contributed by atoms with Gasteiger partial charge in [0.25, 0.3) is 0 Å². The van der Waals surface area contributed by atoms with Gasteiger partial charge in [-0.1, -0.05) is 39.8 Å². The Labute approximate surface area is 160 Å². The summed E-state index contributed by atoms with van der Waals surface area (Å²) < 4.78 is 0. The van der Waals surface area contributed by atoms with Gasteiger partial charge in [-0.15, -0.1) is 13.3 Å². The van der Waals surface area contributed by atoms with Crippen molar-refractivity contribution in [1.29, 1.82) is 0 Å². The van der Waals surface area contributed by atoms with Gasteiger partial charge in [-0.05, 0) is 0 Å². The van der Waals surface area contributed by atoms with Crippen molar-refractivity contribution in [2.45, 2.75) is 47.2 Å². The Balaban J connectivity index is -0.0000000956. The molecule has 1 unspecified atom stereocenters. The molecule has 1 atom stereocenters. The first kappa shape index (κ1) is 28.8. The molecule has 0 aromatic carbocycles. The molecule has 0 aromatic rings. The second kappa shape index (κ2) is 17.7. The second-order valence-corrected chi connectivity index (χ2v) is 5.77. The molecule has 2 aliphatic rings. The van der Waals surface area contributed by atoms with E-state index >= 15 is 0 Å². The van der Waals surface area contributed by atoms with E-state index in [0.29, 0.717) is 5.92 Å². The molecule has 111 valence electrons. The number of allylic oxidation sites excluding steroid dienone is 8. The van der Waals surface area contributed by atoms with Crippen LogP contribution < -0.4 is 24.8 Å². The quantitative estimate of drug-likeness (QED) is 0.341. The summed E-state index contributed by atoms with van der Waals surface area (Å²) in [5, 5.41) is 0. The molecule has 0 spiro atoms. The molecule has 0 bridgehead atoms. The summed E-state index contributed by atoms with van der Waals surface area (Å²) in [5.41, 5.74) is 4.06. The van der Waals surface area contributed by atoms with E-state index in [4.69, 9.17) is 0 Å². The maximum absolute atomic E-state index is 3.19. The predicted octanol–water partition coefficient (Wildman–Crippen LogP) is -1.45. The van der Waals surface area contributed by atoms with E-state index in [0.717, 1.165) is 15.9 Å². The van der Waals surface area contributed by atoms with Gasteiger partial charge in [0.05, 0.1) is 0 Å². The van der Waals surface area contributed by atoms with Crippen LogP contribution in [0.1, 0.15) is 34.1 Å². The Morgan fingerprint density at radius 1 is 1.15 bits per heavy atom. The number of halogens is 2. The molecule has 0 N–H and O–H groups in total. The van der Waals surface area contributed by atoms with Gasteiger partial charge in [-0.3, -0.25) is 12.2 Å². The largest absolute Gasteiger partial charge is 4.00 e. The SMILES string of the molecule is CC1=CC(C)[C-]=C1.CC1=[C-]CC(C)=C1.C[SiH]C.[Cl-].[Cl-].[Zr+4]. The zero-order valence-electron chi connectivity index (χ0n) is 13.3. The first-order valence-electron chi connectivity index (χ1n) is 6.25. The van der Waals surface area contributed by atoms with Crippen LogP contribution in [0.15, 0.2) is 34.9 Å². The molecule has 2 aliphatic carbocycles. The molecule has 2 rings (SSSR count). The van der Waals surface area contributed by atoms with Gasteiger partial charge in [0.1, 0.15) is 0 Å². The van der Waals surface area contributed by atoms with E-state index in [1.54, 1.807) is 0 Å². The molecular weight excluding hydrogens is 382 g/mol. The molecule has 0 aliphatic heterocycles. The summed E-state index contributed by atoms with van der Waals surface area (Å²) in [4.78, 5) is 0. The van der Waals surface area contributed by atoms with E-state index < -0.39 is 0 Å². The van der Waals surface area contributed by atoms with Crippen LogP contribution in [0.2, 0.25) is 13.1 Å². The molecule has 20 heavy (non-hydrogen) atoms. The molecular formula is C16H25Cl2SiZr. The van der Waals surface area contributed by atoms with Crippen LogP contribution in [-0.2, 0) is 26.2 Å². The second-order valence-electron chi connectivity index (χ2n) is 4.61. The van der Waals surface area contributed by atoms with E-state index in [1.165, 1.54) is 16.7 Å².